The first kappa shape index (κ1) is 17.4. The van der Waals surface area contributed by atoms with Gasteiger partial charge in [-0.2, -0.15) is 4.31 Å². The highest BCUT2D eigenvalue weighted by Gasteiger charge is 2.28. The molecule has 5 nitrogen and oxygen atoms in total. The van der Waals surface area contributed by atoms with Crippen LogP contribution in [0.5, 0.6) is 0 Å². The number of rotatable bonds is 7. The normalized spacial score (nSPS) is 17.9. The van der Waals surface area contributed by atoms with Crippen LogP contribution < -0.4 is 5.32 Å². The Hall–Kier alpha value is -0.620. The highest BCUT2D eigenvalue weighted by atomic mass is 32.2. The fourth-order valence-corrected chi connectivity index (χ4v) is 3.77. The van der Waals surface area contributed by atoms with Crippen LogP contribution in [-0.4, -0.2) is 44.0 Å². The summed E-state index contributed by atoms with van der Waals surface area (Å²) in [5.41, 5.74) is 0. The van der Waals surface area contributed by atoms with Crippen LogP contribution in [-0.2, 0) is 14.8 Å². The van der Waals surface area contributed by atoms with Crippen molar-refractivity contribution in [3.8, 4) is 0 Å². The SMILES string of the molecule is CCCCNC(=O)CN(C1CCCCCC1)S(C)(=O)=O. The summed E-state index contributed by atoms with van der Waals surface area (Å²) >= 11 is 0. The summed E-state index contributed by atoms with van der Waals surface area (Å²) in [5, 5.41) is 2.80. The lowest BCUT2D eigenvalue weighted by atomic mass is 10.1. The molecule has 0 unspecified atom stereocenters. The summed E-state index contributed by atoms with van der Waals surface area (Å²) in [6.07, 6.45) is 9.31. The van der Waals surface area contributed by atoms with Gasteiger partial charge in [-0.25, -0.2) is 8.42 Å². The lowest BCUT2D eigenvalue weighted by Crippen LogP contribution is -2.46. The Morgan fingerprint density at radius 2 is 1.80 bits per heavy atom. The molecule has 20 heavy (non-hydrogen) atoms. The average Bonchev–Trinajstić information content (AvgIpc) is 2.63. The second-order valence-electron chi connectivity index (χ2n) is 5.66. The number of carbonyl (C=O) groups is 1. The van der Waals surface area contributed by atoms with E-state index in [-0.39, 0.29) is 18.5 Å². The summed E-state index contributed by atoms with van der Waals surface area (Å²) in [7, 11) is -3.33. The molecule has 1 saturated carbocycles. The second kappa shape index (κ2) is 8.62. The van der Waals surface area contributed by atoms with Crippen LogP contribution in [0.4, 0.5) is 0 Å². The number of amides is 1. The van der Waals surface area contributed by atoms with Crippen LogP contribution in [0.1, 0.15) is 58.3 Å². The standard InChI is InChI=1S/C14H28N2O3S/c1-3-4-11-15-14(17)12-16(20(2,18)19)13-9-7-5-6-8-10-13/h13H,3-12H2,1-2H3,(H,15,17). The lowest BCUT2D eigenvalue weighted by Gasteiger charge is -2.28. The van der Waals surface area contributed by atoms with Crippen LogP contribution in [0.25, 0.3) is 0 Å². The zero-order valence-electron chi connectivity index (χ0n) is 12.7. The fraction of sp³-hybridized carbons (Fsp3) is 0.929. The van der Waals surface area contributed by atoms with Crippen molar-refractivity contribution < 1.29 is 13.2 Å². The Morgan fingerprint density at radius 3 is 2.30 bits per heavy atom. The van der Waals surface area contributed by atoms with E-state index in [0.717, 1.165) is 51.4 Å². The summed E-state index contributed by atoms with van der Waals surface area (Å²) in [6, 6.07) is -0.00979. The van der Waals surface area contributed by atoms with Gasteiger partial charge in [0, 0.05) is 12.6 Å². The Bertz CT molecular complexity index is 387. The van der Waals surface area contributed by atoms with E-state index in [4.69, 9.17) is 0 Å². The maximum Gasteiger partial charge on any atom is 0.235 e. The van der Waals surface area contributed by atoms with Crippen molar-refractivity contribution in [2.45, 2.75) is 64.3 Å². The first-order chi connectivity index (χ1) is 9.45. The number of carbonyl (C=O) groups excluding carboxylic acids is 1. The molecule has 1 aliphatic carbocycles. The molecule has 0 heterocycles. The van der Waals surface area contributed by atoms with Gasteiger partial charge in [-0.3, -0.25) is 4.79 Å². The molecule has 0 radical (unpaired) electrons. The van der Waals surface area contributed by atoms with E-state index in [2.05, 4.69) is 12.2 Å². The lowest BCUT2D eigenvalue weighted by molar-refractivity contribution is -0.121. The summed E-state index contributed by atoms with van der Waals surface area (Å²) in [4.78, 5) is 11.9. The molecule has 1 N–H and O–H groups in total. The molecule has 0 aliphatic heterocycles. The van der Waals surface area contributed by atoms with Gasteiger partial charge in [-0.15, -0.1) is 0 Å². The number of unbranched alkanes of at least 4 members (excludes halogenated alkanes) is 1. The number of hydrogen-bond acceptors (Lipinski definition) is 3. The van der Waals surface area contributed by atoms with E-state index in [9.17, 15) is 13.2 Å². The second-order valence-corrected chi connectivity index (χ2v) is 7.59. The van der Waals surface area contributed by atoms with Gasteiger partial charge in [0.05, 0.1) is 12.8 Å². The van der Waals surface area contributed by atoms with Gasteiger partial charge in [0.2, 0.25) is 15.9 Å². The van der Waals surface area contributed by atoms with Gasteiger partial charge in [-0.1, -0.05) is 39.0 Å². The van der Waals surface area contributed by atoms with Gasteiger partial charge >= 0.3 is 0 Å². The maximum absolute atomic E-state index is 12.0. The minimum atomic E-state index is -3.33. The van der Waals surface area contributed by atoms with Crippen molar-refractivity contribution in [3.05, 3.63) is 0 Å². The molecular weight excluding hydrogens is 276 g/mol. The summed E-state index contributed by atoms with van der Waals surface area (Å²) < 4.78 is 25.3. The quantitative estimate of drug-likeness (QED) is 0.577. The molecule has 0 aromatic carbocycles. The van der Waals surface area contributed by atoms with Crippen molar-refractivity contribution in [2.75, 3.05) is 19.3 Å². The van der Waals surface area contributed by atoms with Crippen LogP contribution >= 0.6 is 0 Å². The highest BCUT2D eigenvalue weighted by Crippen LogP contribution is 2.23. The molecule has 118 valence electrons. The molecule has 0 aromatic rings. The van der Waals surface area contributed by atoms with Crippen molar-refractivity contribution in [1.82, 2.24) is 9.62 Å². The van der Waals surface area contributed by atoms with E-state index in [1.807, 2.05) is 0 Å². The van der Waals surface area contributed by atoms with Gasteiger partial charge < -0.3 is 5.32 Å². The van der Waals surface area contributed by atoms with Crippen molar-refractivity contribution >= 4 is 15.9 Å². The van der Waals surface area contributed by atoms with Crippen molar-refractivity contribution in [1.29, 1.82) is 0 Å². The average molecular weight is 304 g/mol. The highest BCUT2D eigenvalue weighted by molar-refractivity contribution is 7.88. The Balaban J connectivity index is 2.62. The Kier molecular flexibility index (Phi) is 7.51. The third-order valence-corrected chi connectivity index (χ3v) is 5.09. The van der Waals surface area contributed by atoms with E-state index in [0.29, 0.717) is 6.54 Å². The zero-order valence-corrected chi connectivity index (χ0v) is 13.5. The predicted molar refractivity (Wildman–Crippen MR) is 81.0 cm³/mol. The topological polar surface area (TPSA) is 66.5 Å². The molecule has 0 spiro atoms. The molecule has 0 bridgehead atoms. The number of hydrogen-bond donors (Lipinski definition) is 1. The molecule has 1 rings (SSSR count). The molecule has 1 fully saturated rings. The van der Waals surface area contributed by atoms with Gasteiger partial charge in [0.25, 0.3) is 0 Å². The van der Waals surface area contributed by atoms with Crippen molar-refractivity contribution in [3.63, 3.8) is 0 Å². The summed E-state index contributed by atoms with van der Waals surface area (Å²) in [6.45, 7) is 2.64. The van der Waals surface area contributed by atoms with E-state index in [1.54, 1.807) is 0 Å². The molecule has 6 heteroatoms. The van der Waals surface area contributed by atoms with Gasteiger partial charge in [-0.05, 0) is 19.3 Å². The first-order valence-corrected chi connectivity index (χ1v) is 9.53. The van der Waals surface area contributed by atoms with Crippen molar-refractivity contribution in [2.24, 2.45) is 0 Å². The third-order valence-electron chi connectivity index (χ3n) is 3.81. The van der Waals surface area contributed by atoms with Crippen LogP contribution in [0.2, 0.25) is 0 Å². The zero-order chi connectivity index (χ0) is 15.0. The number of nitrogens with zero attached hydrogens (tertiary/aromatic N) is 1. The molecule has 1 aliphatic rings. The third kappa shape index (κ3) is 6.22. The summed E-state index contributed by atoms with van der Waals surface area (Å²) in [5.74, 6) is -0.187. The van der Waals surface area contributed by atoms with Gasteiger partial charge in [0.1, 0.15) is 0 Å². The van der Waals surface area contributed by atoms with Gasteiger partial charge in [0.15, 0.2) is 0 Å². The van der Waals surface area contributed by atoms with Crippen LogP contribution in [0.15, 0.2) is 0 Å². The van der Waals surface area contributed by atoms with E-state index < -0.39 is 10.0 Å². The number of nitrogens with one attached hydrogen (secondary N) is 1. The van der Waals surface area contributed by atoms with Crippen LogP contribution in [0, 0.1) is 0 Å². The smallest absolute Gasteiger partial charge is 0.235 e. The maximum atomic E-state index is 12.0. The first-order valence-electron chi connectivity index (χ1n) is 7.68. The number of sulfonamides is 1. The molecular formula is C14H28N2O3S. The molecule has 0 saturated heterocycles. The fourth-order valence-electron chi connectivity index (χ4n) is 2.66. The minimum absolute atomic E-state index is 0.00979. The monoisotopic (exact) mass is 304 g/mol. The van der Waals surface area contributed by atoms with E-state index >= 15 is 0 Å². The molecule has 1 amide bonds. The Labute approximate surface area is 123 Å². The largest absolute Gasteiger partial charge is 0.355 e. The molecule has 0 atom stereocenters. The van der Waals surface area contributed by atoms with Crippen LogP contribution in [0.3, 0.4) is 0 Å². The van der Waals surface area contributed by atoms with E-state index in [1.165, 1.54) is 10.6 Å². The molecule has 0 aromatic heterocycles. The Morgan fingerprint density at radius 1 is 1.20 bits per heavy atom. The minimum Gasteiger partial charge on any atom is -0.355 e. The predicted octanol–water partition coefficient (Wildman–Crippen LogP) is 1.89.